The molecule has 58 valence electrons. The van der Waals surface area contributed by atoms with E-state index in [1.54, 1.807) is 0 Å². The molecule has 0 rings (SSSR count). The predicted molar refractivity (Wildman–Crippen MR) is 49.2 cm³/mol. The van der Waals surface area contributed by atoms with Crippen LogP contribution in [0.25, 0.3) is 0 Å². The van der Waals surface area contributed by atoms with E-state index in [-0.39, 0.29) is 7.92 Å². The van der Waals surface area contributed by atoms with E-state index >= 15 is 0 Å². The second-order valence-corrected chi connectivity index (χ2v) is 4.48. The lowest BCUT2D eigenvalue weighted by molar-refractivity contribution is 1.21. The molecule has 0 amide bonds. The minimum Gasteiger partial charge on any atom is -0.326 e. The van der Waals surface area contributed by atoms with E-state index in [0.717, 1.165) is 10.6 Å². The quantitative estimate of drug-likeness (QED) is 0.601. The van der Waals surface area contributed by atoms with Crippen LogP contribution in [0.1, 0.15) is 0 Å². The summed E-state index contributed by atoms with van der Waals surface area (Å²) >= 11 is 0. The molecular weight excluding hydrogens is 143 g/mol. The SMILES string of the molecule is C=C(CN)P(C)C(=C)CN. The first-order chi connectivity index (χ1) is 4.63. The van der Waals surface area contributed by atoms with Crippen LogP contribution in [0, 0.1) is 0 Å². The molecule has 3 heteroatoms. The third kappa shape index (κ3) is 2.61. The number of hydrogen-bond acceptors (Lipinski definition) is 2. The third-order valence-corrected chi connectivity index (χ3v) is 3.68. The fourth-order valence-electron chi connectivity index (χ4n) is 0.497. The fraction of sp³-hybridized carbons (Fsp3) is 0.429. The maximum Gasteiger partial charge on any atom is 0.0179 e. The maximum atomic E-state index is 5.40. The minimum atomic E-state index is -0.342. The molecule has 0 unspecified atom stereocenters. The second kappa shape index (κ2) is 4.62. The summed E-state index contributed by atoms with van der Waals surface area (Å²) in [5, 5.41) is 2.12. The van der Waals surface area contributed by atoms with Gasteiger partial charge in [-0.2, -0.15) is 0 Å². The Labute approximate surface area is 63.7 Å². The van der Waals surface area contributed by atoms with Crippen LogP contribution < -0.4 is 11.5 Å². The Bertz CT molecular complexity index is 127. The Balaban J connectivity index is 3.94. The number of rotatable bonds is 4. The van der Waals surface area contributed by atoms with Gasteiger partial charge < -0.3 is 11.5 Å². The summed E-state index contributed by atoms with van der Waals surface area (Å²) in [6.45, 7) is 10.8. The van der Waals surface area contributed by atoms with Gasteiger partial charge >= 0.3 is 0 Å². The van der Waals surface area contributed by atoms with Crippen LogP contribution in [0.15, 0.2) is 23.8 Å². The van der Waals surface area contributed by atoms with Crippen molar-refractivity contribution in [1.82, 2.24) is 0 Å². The van der Waals surface area contributed by atoms with E-state index in [1.165, 1.54) is 0 Å². The molecular formula is C7H15N2P. The van der Waals surface area contributed by atoms with Gasteiger partial charge in [0.15, 0.2) is 0 Å². The van der Waals surface area contributed by atoms with Crippen molar-refractivity contribution in [3.05, 3.63) is 23.8 Å². The van der Waals surface area contributed by atoms with Gasteiger partial charge in [0.1, 0.15) is 0 Å². The van der Waals surface area contributed by atoms with Crippen molar-refractivity contribution in [2.75, 3.05) is 19.8 Å². The molecule has 0 saturated carbocycles. The first-order valence-electron chi connectivity index (χ1n) is 3.13. The number of nitrogens with two attached hydrogens (primary N) is 2. The molecule has 0 radical (unpaired) electrons. The molecule has 0 heterocycles. The zero-order valence-corrected chi connectivity index (χ0v) is 7.32. The van der Waals surface area contributed by atoms with E-state index in [4.69, 9.17) is 11.5 Å². The molecule has 0 aliphatic rings. The van der Waals surface area contributed by atoms with Crippen LogP contribution in [0.5, 0.6) is 0 Å². The zero-order chi connectivity index (χ0) is 8.15. The predicted octanol–water partition coefficient (Wildman–Crippen LogP) is 1.04. The number of hydrogen-bond donors (Lipinski definition) is 2. The Morgan fingerprint density at radius 3 is 1.70 bits per heavy atom. The molecule has 0 atom stereocenters. The second-order valence-electron chi connectivity index (χ2n) is 2.10. The van der Waals surface area contributed by atoms with Gasteiger partial charge in [-0.25, -0.2) is 0 Å². The van der Waals surface area contributed by atoms with Gasteiger partial charge in [0.2, 0.25) is 0 Å². The standard InChI is InChI=1S/C7H15N2P/c1-6(4-8)10(3)7(2)5-9/h1-2,4-5,8-9H2,3H3. The summed E-state index contributed by atoms with van der Waals surface area (Å²) in [5.41, 5.74) is 10.8. The molecule has 0 aromatic heterocycles. The topological polar surface area (TPSA) is 52.0 Å². The Morgan fingerprint density at radius 1 is 1.20 bits per heavy atom. The van der Waals surface area contributed by atoms with Gasteiger partial charge in [-0.3, -0.25) is 0 Å². The molecule has 10 heavy (non-hydrogen) atoms. The van der Waals surface area contributed by atoms with Crippen LogP contribution in [0.4, 0.5) is 0 Å². The first-order valence-corrected chi connectivity index (χ1v) is 4.91. The summed E-state index contributed by atoms with van der Waals surface area (Å²) in [4.78, 5) is 0. The van der Waals surface area contributed by atoms with Gasteiger partial charge in [-0.1, -0.05) is 21.1 Å². The molecule has 0 fully saturated rings. The van der Waals surface area contributed by atoms with E-state index in [0.29, 0.717) is 13.1 Å². The average Bonchev–Trinajstić information content (AvgIpc) is 2.00. The summed E-state index contributed by atoms with van der Waals surface area (Å²) in [5.74, 6) is 0. The highest BCUT2D eigenvalue weighted by molar-refractivity contribution is 7.65. The fourth-order valence-corrected chi connectivity index (χ4v) is 1.49. The van der Waals surface area contributed by atoms with Gasteiger partial charge in [-0.15, -0.1) is 0 Å². The average molecular weight is 158 g/mol. The van der Waals surface area contributed by atoms with Crippen LogP contribution in [-0.4, -0.2) is 19.8 Å². The summed E-state index contributed by atoms with van der Waals surface area (Å²) in [6.07, 6.45) is 0. The molecule has 0 spiro atoms. The van der Waals surface area contributed by atoms with Gasteiger partial charge in [-0.05, 0) is 17.3 Å². The first kappa shape index (κ1) is 9.83. The van der Waals surface area contributed by atoms with Crippen molar-refractivity contribution in [2.45, 2.75) is 0 Å². The smallest absolute Gasteiger partial charge is 0.0179 e. The van der Waals surface area contributed by atoms with Crippen molar-refractivity contribution in [3.63, 3.8) is 0 Å². The molecule has 0 aromatic rings. The largest absolute Gasteiger partial charge is 0.326 e. The van der Waals surface area contributed by atoms with E-state index in [2.05, 4.69) is 19.8 Å². The van der Waals surface area contributed by atoms with Gasteiger partial charge in [0, 0.05) is 13.1 Å². The normalized spacial score (nSPS) is 10.0. The Kier molecular flexibility index (Phi) is 4.54. The molecule has 0 saturated heterocycles. The van der Waals surface area contributed by atoms with Crippen molar-refractivity contribution in [1.29, 1.82) is 0 Å². The third-order valence-electron chi connectivity index (χ3n) is 1.42. The lowest BCUT2D eigenvalue weighted by Gasteiger charge is -2.14. The van der Waals surface area contributed by atoms with Crippen LogP contribution in [0.3, 0.4) is 0 Å². The highest BCUT2D eigenvalue weighted by atomic mass is 31.1. The lowest BCUT2D eigenvalue weighted by atomic mass is 10.6. The highest BCUT2D eigenvalue weighted by Gasteiger charge is 2.05. The van der Waals surface area contributed by atoms with Crippen LogP contribution >= 0.6 is 7.92 Å². The monoisotopic (exact) mass is 158 g/mol. The van der Waals surface area contributed by atoms with Crippen molar-refractivity contribution in [3.8, 4) is 0 Å². The van der Waals surface area contributed by atoms with E-state index in [1.807, 2.05) is 0 Å². The van der Waals surface area contributed by atoms with Crippen LogP contribution in [0.2, 0.25) is 0 Å². The Morgan fingerprint density at radius 2 is 1.50 bits per heavy atom. The molecule has 0 aliphatic carbocycles. The van der Waals surface area contributed by atoms with Crippen molar-refractivity contribution in [2.24, 2.45) is 11.5 Å². The Hall–Kier alpha value is -0.170. The molecule has 2 nitrogen and oxygen atoms in total. The highest BCUT2D eigenvalue weighted by Crippen LogP contribution is 2.45. The minimum absolute atomic E-state index is 0.342. The molecule has 0 aromatic carbocycles. The molecule has 4 N–H and O–H groups in total. The summed E-state index contributed by atoms with van der Waals surface area (Å²) < 4.78 is 0. The lowest BCUT2D eigenvalue weighted by Crippen LogP contribution is -2.05. The zero-order valence-electron chi connectivity index (χ0n) is 6.43. The van der Waals surface area contributed by atoms with Gasteiger partial charge in [0.25, 0.3) is 0 Å². The van der Waals surface area contributed by atoms with E-state index < -0.39 is 0 Å². The van der Waals surface area contributed by atoms with Gasteiger partial charge in [0.05, 0.1) is 0 Å². The van der Waals surface area contributed by atoms with Crippen molar-refractivity contribution >= 4 is 7.92 Å². The van der Waals surface area contributed by atoms with Crippen LogP contribution in [-0.2, 0) is 0 Å². The maximum absolute atomic E-state index is 5.40. The summed E-state index contributed by atoms with van der Waals surface area (Å²) in [6, 6.07) is 0. The molecule has 0 aliphatic heterocycles. The van der Waals surface area contributed by atoms with Crippen molar-refractivity contribution < 1.29 is 0 Å². The summed E-state index contributed by atoms with van der Waals surface area (Å²) in [7, 11) is -0.342. The van der Waals surface area contributed by atoms with E-state index in [9.17, 15) is 0 Å². The molecule has 0 bridgehead atoms.